The summed E-state index contributed by atoms with van der Waals surface area (Å²) in [6.07, 6.45) is 13.5. The molecule has 1 unspecified atom stereocenters. The van der Waals surface area contributed by atoms with Crippen LogP contribution in [0.15, 0.2) is 46.1 Å². The molecular weight excluding hydrogens is 435 g/mol. The molecule has 0 radical (unpaired) electrons. The van der Waals surface area contributed by atoms with E-state index in [1.54, 1.807) is 24.3 Å². The first-order chi connectivity index (χ1) is 14.4. The number of sulfonamides is 1. The minimum atomic E-state index is -3.87. The first-order valence-corrected chi connectivity index (χ1v) is 16.2. The average molecular weight is 473 g/mol. The maximum absolute atomic E-state index is 13.4. The standard InChI is InChI=1S/C22H37N2O3PS2/c1-4-7-17-28(18-8-5-2,19-9-6-3)23-21-14-10-11-15-22(21)30(26,27)24-16-12-13-20-29(24)25/h10-15H,4-9,16-20H2,1-3H3. The Hall–Kier alpha value is -0.750. The average Bonchev–Trinajstić information content (AvgIpc) is 2.75. The molecule has 1 aliphatic heterocycles. The van der Waals surface area contributed by atoms with Crippen molar-refractivity contribution >= 4 is 33.8 Å². The molecule has 1 aromatic carbocycles. The van der Waals surface area contributed by atoms with Gasteiger partial charge in [0.05, 0.1) is 11.4 Å². The molecule has 8 heteroatoms. The van der Waals surface area contributed by atoms with Crippen molar-refractivity contribution in [3.63, 3.8) is 0 Å². The topological polar surface area (TPSA) is 66.8 Å². The Morgan fingerprint density at radius 1 is 0.967 bits per heavy atom. The summed E-state index contributed by atoms with van der Waals surface area (Å²) in [6, 6.07) is 7.05. The van der Waals surface area contributed by atoms with Crippen LogP contribution in [0.3, 0.4) is 0 Å². The van der Waals surface area contributed by atoms with E-state index in [0.29, 0.717) is 5.69 Å². The number of benzene rings is 1. The number of nitrogens with zero attached hydrogens (tertiary/aromatic N) is 2. The van der Waals surface area contributed by atoms with Gasteiger partial charge in [0.1, 0.15) is 15.9 Å². The van der Waals surface area contributed by atoms with Gasteiger partial charge in [0.15, 0.2) is 0 Å². The van der Waals surface area contributed by atoms with Crippen molar-refractivity contribution in [2.45, 2.75) is 64.2 Å². The zero-order valence-corrected chi connectivity index (χ0v) is 21.2. The lowest BCUT2D eigenvalue weighted by Crippen LogP contribution is -2.36. The molecule has 30 heavy (non-hydrogen) atoms. The third-order valence-corrected chi connectivity index (χ3v) is 13.2. The molecule has 0 saturated heterocycles. The van der Waals surface area contributed by atoms with E-state index >= 15 is 0 Å². The van der Waals surface area contributed by atoms with E-state index in [0.717, 1.165) is 60.7 Å². The van der Waals surface area contributed by atoms with Crippen molar-refractivity contribution < 1.29 is 12.6 Å². The summed E-state index contributed by atoms with van der Waals surface area (Å²) in [6.45, 7) is 6.74. The predicted molar refractivity (Wildman–Crippen MR) is 131 cm³/mol. The SMILES string of the molecule is CCCCP(CCCC)(CCCC)=Nc1ccccc1S(=O)(=O)N1CC=CCS1=O. The second kappa shape index (κ2) is 12.3. The first kappa shape index (κ1) is 25.5. The van der Waals surface area contributed by atoms with Gasteiger partial charge in [-0.1, -0.05) is 64.3 Å². The molecular formula is C22H37N2O3PS2. The van der Waals surface area contributed by atoms with E-state index in [4.69, 9.17) is 4.74 Å². The second-order valence-corrected chi connectivity index (χ2v) is 15.1. The van der Waals surface area contributed by atoms with E-state index < -0.39 is 28.1 Å². The van der Waals surface area contributed by atoms with Crippen molar-refractivity contribution in [2.75, 3.05) is 30.8 Å². The highest BCUT2D eigenvalue weighted by atomic mass is 32.3. The van der Waals surface area contributed by atoms with Crippen molar-refractivity contribution in [3.8, 4) is 0 Å². The van der Waals surface area contributed by atoms with E-state index in [2.05, 4.69) is 20.8 Å². The first-order valence-electron chi connectivity index (χ1n) is 11.1. The smallest absolute Gasteiger partial charge is 0.256 e. The Kier molecular flexibility index (Phi) is 10.5. The summed E-state index contributed by atoms with van der Waals surface area (Å²) in [4.78, 5) is 0.197. The van der Waals surface area contributed by atoms with Gasteiger partial charge in [0.2, 0.25) is 0 Å². The Labute approximate surface area is 186 Å². The van der Waals surface area contributed by atoms with Gasteiger partial charge in [0, 0.05) is 6.54 Å². The van der Waals surface area contributed by atoms with Gasteiger partial charge in [-0.25, -0.2) is 12.6 Å². The molecule has 2 rings (SSSR count). The van der Waals surface area contributed by atoms with Gasteiger partial charge in [-0.2, -0.15) is 0 Å². The van der Waals surface area contributed by atoms with Gasteiger partial charge < -0.3 is 0 Å². The molecule has 0 spiro atoms. The fourth-order valence-electron chi connectivity index (χ4n) is 3.62. The van der Waals surface area contributed by atoms with Crippen LogP contribution < -0.4 is 0 Å². The van der Waals surface area contributed by atoms with Crippen LogP contribution in [0.25, 0.3) is 0 Å². The Bertz CT molecular complexity index is 869. The van der Waals surface area contributed by atoms with Crippen molar-refractivity contribution in [1.29, 1.82) is 0 Å². The lowest BCUT2D eigenvalue weighted by molar-refractivity contribution is 0.543. The molecule has 0 amide bonds. The summed E-state index contributed by atoms with van der Waals surface area (Å²) < 4.78 is 45.6. The number of hydrogen-bond donors (Lipinski definition) is 0. The van der Waals surface area contributed by atoms with Crippen LogP contribution in [0, 0.1) is 0 Å². The Balaban J connectivity index is 2.58. The minimum Gasteiger partial charge on any atom is -0.266 e. The van der Waals surface area contributed by atoms with Crippen LogP contribution in [0.2, 0.25) is 0 Å². The Morgan fingerprint density at radius 2 is 1.53 bits per heavy atom. The summed E-state index contributed by atoms with van der Waals surface area (Å²) in [5.74, 6) is 0.235. The lowest BCUT2D eigenvalue weighted by Gasteiger charge is -2.27. The zero-order chi connectivity index (χ0) is 22.0. The summed E-state index contributed by atoms with van der Waals surface area (Å²) >= 11 is 0. The van der Waals surface area contributed by atoms with Crippen molar-refractivity contribution in [3.05, 3.63) is 36.4 Å². The normalized spacial score (nSPS) is 17.9. The van der Waals surface area contributed by atoms with Crippen LogP contribution in [0.1, 0.15) is 59.3 Å². The molecule has 0 aliphatic carbocycles. The molecule has 0 saturated carbocycles. The largest absolute Gasteiger partial charge is 0.266 e. The molecule has 0 N–H and O–H groups in total. The highest BCUT2D eigenvalue weighted by Gasteiger charge is 2.32. The maximum Gasteiger partial charge on any atom is 0.256 e. The van der Waals surface area contributed by atoms with E-state index in [-0.39, 0.29) is 17.2 Å². The second-order valence-electron chi connectivity index (χ2n) is 7.84. The van der Waals surface area contributed by atoms with E-state index in [1.165, 1.54) is 0 Å². The van der Waals surface area contributed by atoms with Crippen LogP contribution in [0.4, 0.5) is 5.69 Å². The summed E-state index contributed by atoms with van der Waals surface area (Å²) in [5.41, 5.74) is 0.556. The lowest BCUT2D eigenvalue weighted by atomic mass is 10.3. The number of unbranched alkanes of at least 4 members (excludes halogenated alkanes) is 3. The quantitative estimate of drug-likeness (QED) is 0.271. The molecule has 0 bridgehead atoms. The van der Waals surface area contributed by atoms with Crippen LogP contribution in [-0.2, 0) is 21.0 Å². The highest BCUT2D eigenvalue weighted by Crippen LogP contribution is 2.55. The highest BCUT2D eigenvalue weighted by molar-refractivity contribution is 8.01. The van der Waals surface area contributed by atoms with E-state index in [9.17, 15) is 12.6 Å². The van der Waals surface area contributed by atoms with E-state index in [1.807, 2.05) is 12.1 Å². The maximum atomic E-state index is 13.4. The Morgan fingerprint density at radius 3 is 2.07 bits per heavy atom. The summed E-state index contributed by atoms with van der Waals surface area (Å²) in [7, 11) is -7.10. The fourth-order valence-corrected chi connectivity index (χ4v) is 11.2. The summed E-state index contributed by atoms with van der Waals surface area (Å²) in [5, 5.41) is 0. The third-order valence-electron chi connectivity index (χ3n) is 5.40. The molecule has 1 aliphatic rings. The fraction of sp³-hybridized carbons (Fsp3) is 0.636. The molecule has 0 aromatic heterocycles. The van der Waals surface area contributed by atoms with Gasteiger partial charge in [-0.3, -0.25) is 4.74 Å². The molecule has 170 valence electrons. The molecule has 1 aromatic rings. The monoisotopic (exact) mass is 472 g/mol. The van der Waals surface area contributed by atoms with Crippen LogP contribution >= 0.6 is 7.05 Å². The number of rotatable bonds is 12. The van der Waals surface area contributed by atoms with Gasteiger partial charge >= 0.3 is 0 Å². The molecule has 5 nitrogen and oxygen atoms in total. The predicted octanol–water partition coefficient (Wildman–Crippen LogP) is 6.14. The molecule has 0 fully saturated rings. The van der Waals surface area contributed by atoms with Gasteiger partial charge in [-0.15, -0.1) is 3.71 Å². The molecule has 1 heterocycles. The van der Waals surface area contributed by atoms with Crippen LogP contribution in [0.5, 0.6) is 0 Å². The minimum absolute atomic E-state index is 0.144. The van der Waals surface area contributed by atoms with Crippen LogP contribution in [-0.4, -0.2) is 47.1 Å². The van der Waals surface area contributed by atoms with Crippen molar-refractivity contribution in [2.24, 2.45) is 4.74 Å². The third kappa shape index (κ3) is 6.62. The van der Waals surface area contributed by atoms with Crippen molar-refractivity contribution in [1.82, 2.24) is 3.71 Å². The molecule has 1 atom stereocenters. The number of hydrogen-bond acceptors (Lipinski definition) is 4. The zero-order valence-electron chi connectivity index (χ0n) is 18.6. The van der Waals surface area contributed by atoms with Gasteiger partial charge in [-0.05, 0) is 56.9 Å². The van der Waals surface area contributed by atoms with Gasteiger partial charge in [0.25, 0.3) is 10.0 Å².